The summed E-state index contributed by atoms with van der Waals surface area (Å²) in [6.45, 7) is 5.76. The standard InChI is InChI=1S/C13H20N2OS/c1-9-4-5-11(13(14)17)12(6-9)15-7-10(2)8-16-3/h4-6,10,15H,7-8H2,1-3H3,(H2,14,17). The van der Waals surface area contributed by atoms with Gasteiger partial charge in [-0.3, -0.25) is 0 Å². The van der Waals surface area contributed by atoms with E-state index in [0.717, 1.165) is 24.4 Å². The minimum absolute atomic E-state index is 0.423. The first-order valence-electron chi connectivity index (χ1n) is 5.68. The highest BCUT2D eigenvalue weighted by Crippen LogP contribution is 2.18. The quantitative estimate of drug-likeness (QED) is 0.763. The summed E-state index contributed by atoms with van der Waals surface area (Å²) in [5.74, 6) is 0.444. The van der Waals surface area contributed by atoms with Crippen molar-refractivity contribution in [2.24, 2.45) is 11.7 Å². The molecule has 1 aromatic rings. The van der Waals surface area contributed by atoms with E-state index in [1.165, 1.54) is 5.56 Å². The summed E-state index contributed by atoms with van der Waals surface area (Å²) >= 11 is 5.04. The fourth-order valence-corrected chi connectivity index (χ4v) is 1.82. The molecule has 0 fully saturated rings. The Balaban J connectivity index is 2.75. The van der Waals surface area contributed by atoms with Gasteiger partial charge in [-0.15, -0.1) is 0 Å². The number of anilines is 1. The summed E-state index contributed by atoms with van der Waals surface area (Å²) in [6, 6.07) is 6.03. The van der Waals surface area contributed by atoms with Crippen molar-refractivity contribution in [1.29, 1.82) is 0 Å². The van der Waals surface area contributed by atoms with Crippen LogP contribution in [0.25, 0.3) is 0 Å². The maximum absolute atomic E-state index is 5.70. The Kier molecular flexibility index (Phi) is 5.38. The van der Waals surface area contributed by atoms with Crippen LogP contribution in [0.15, 0.2) is 18.2 Å². The van der Waals surface area contributed by atoms with Crippen molar-refractivity contribution >= 4 is 22.9 Å². The smallest absolute Gasteiger partial charge is 0.106 e. The predicted octanol–water partition coefficient (Wildman–Crippen LogP) is 2.32. The molecule has 0 radical (unpaired) electrons. The van der Waals surface area contributed by atoms with Crippen molar-refractivity contribution in [3.63, 3.8) is 0 Å². The summed E-state index contributed by atoms with van der Waals surface area (Å²) in [7, 11) is 1.71. The summed E-state index contributed by atoms with van der Waals surface area (Å²) in [6.07, 6.45) is 0. The van der Waals surface area contributed by atoms with Gasteiger partial charge >= 0.3 is 0 Å². The highest BCUT2D eigenvalue weighted by atomic mass is 32.1. The van der Waals surface area contributed by atoms with Crippen LogP contribution < -0.4 is 11.1 Å². The molecule has 3 N–H and O–H groups in total. The Morgan fingerprint density at radius 1 is 1.53 bits per heavy atom. The summed E-state index contributed by atoms with van der Waals surface area (Å²) in [4.78, 5) is 0.423. The van der Waals surface area contributed by atoms with Crippen LogP contribution in [-0.4, -0.2) is 25.2 Å². The van der Waals surface area contributed by atoms with Gasteiger partial charge in [0.1, 0.15) is 4.99 Å². The molecular weight excluding hydrogens is 232 g/mol. The predicted molar refractivity (Wildman–Crippen MR) is 76.6 cm³/mol. The number of aryl methyl sites for hydroxylation is 1. The number of methoxy groups -OCH3 is 1. The fraction of sp³-hybridized carbons (Fsp3) is 0.462. The van der Waals surface area contributed by atoms with E-state index in [1.54, 1.807) is 7.11 Å². The Morgan fingerprint density at radius 2 is 2.24 bits per heavy atom. The maximum Gasteiger partial charge on any atom is 0.106 e. The molecule has 0 bridgehead atoms. The number of nitrogens with two attached hydrogens (primary N) is 1. The van der Waals surface area contributed by atoms with Crippen molar-refractivity contribution in [1.82, 2.24) is 0 Å². The van der Waals surface area contributed by atoms with E-state index < -0.39 is 0 Å². The molecule has 1 unspecified atom stereocenters. The summed E-state index contributed by atoms with van der Waals surface area (Å²) in [5, 5.41) is 3.37. The Hall–Kier alpha value is -1.13. The molecule has 0 heterocycles. The van der Waals surface area contributed by atoms with Crippen LogP contribution in [0.1, 0.15) is 18.1 Å². The van der Waals surface area contributed by atoms with E-state index in [9.17, 15) is 0 Å². The van der Waals surface area contributed by atoms with Gasteiger partial charge in [-0.25, -0.2) is 0 Å². The lowest BCUT2D eigenvalue weighted by molar-refractivity contribution is 0.164. The molecule has 0 amide bonds. The summed E-state index contributed by atoms with van der Waals surface area (Å²) < 4.78 is 5.10. The molecule has 0 aliphatic rings. The number of benzene rings is 1. The van der Waals surface area contributed by atoms with Crippen molar-refractivity contribution in [3.8, 4) is 0 Å². The van der Waals surface area contributed by atoms with Gasteiger partial charge in [-0.05, 0) is 30.5 Å². The van der Waals surface area contributed by atoms with E-state index in [0.29, 0.717) is 10.9 Å². The normalized spacial score (nSPS) is 12.2. The number of hydrogen-bond acceptors (Lipinski definition) is 3. The Bertz CT molecular complexity index is 393. The molecule has 3 nitrogen and oxygen atoms in total. The van der Waals surface area contributed by atoms with Crippen LogP contribution in [0.3, 0.4) is 0 Å². The zero-order valence-electron chi connectivity index (χ0n) is 10.6. The molecule has 17 heavy (non-hydrogen) atoms. The lowest BCUT2D eigenvalue weighted by Gasteiger charge is -2.15. The summed E-state index contributed by atoms with van der Waals surface area (Å²) in [5.41, 5.74) is 8.78. The molecule has 4 heteroatoms. The minimum Gasteiger partial charge on any atom is -0.389 e. The minimum atomic E-state index is 0.423. The molecule has 0 saturated heterocycles. The first-order chi connectivity index (χ1) is 8.04. The Labute approximate surface area is 108 Å². The number of ether oxygens (including phenoxy) is 1. The first-order valence-corrected chi connectivity index (χ1v) is 6.08. The average Bonchev–Trinajstić information content (AvgIpc) is 2.26. The molecular formula is C13H20N2OS. The number of hydrogen-bond donors (Lipinski definition) is 2. The van der Waals surface area contributed by atoms with E-state index in [4.69, 9.17) is 22.7 Å². The monoisotopic (exact) mass is 252 g/mol. The molecule has 1 rings (SSSR count). The maximum atomic E-state index is 5.70. The molecule has 94 valence electrons. The van der Waals surface area contributed by atoms with Crippen LogP contribution in [0.5, 0.6) is 0 Å². The van der Waals surface area contributed by atoms with Crippen LogP contribution in [0.2, 0.25) is 0 Å². The molecule has 0 aromatic heterocycles. The SMILES string of the molecule is COCC(C)CNc1cc(C)ccc1C(N)=S. The van der Waals surface area contributed by atoms with Gasteiger partial charge in [-0.2, -0.15) is 0 Å². The zero-order chi connectivity index (χ0) is 12.8. The third-order valence-electron chi connectivity index (χ3n) is 2.53. The van der Waals surface area contributed by atoms with Crippen molar-refractivity contribution in [2.75, 3.05) is 25.6 Å². The van der Waals surface area contributed by atoms with Crippen LogP contribution in [-0.2, 0) is 4.74 Å². The van der Waals surface area contributed by atoms with Gasteiger partial charge in [0.15, 0.2) is 0 Å². The second-order valence-corrected chi connectivity index (χ2v) is 4.79. The molecule has 0 spiro atoms. The highest BCUT2D eigenvalue weighted by molar-refractivity contribution is 7.80. The van der Waals surface area contributed by atoms with Crippen molar-refractivity contribution in [2.45, 2.75) is 13.8 Å². The van der Waals surface area contributed by atoms with Gasteiger partial charge < -0.3 is 15.8 Å². The van der Waals surface area contributed by atoms with E-state index in [1.807, 2.05) is 19.1 Å². The fourth-order valence-electron chi connectivity index (χ4n) is 1.65. The second kappa shape index (κ2) is 6.57. The lowest BCUT2D eigenvalue weighted by atomic mass is 10.1. The largest absolute Gasteiger partial charge is 0.389 e. The van der Waals surface area contributed by atoms with Crippen molar-refractivity contribution in [3.05, 3.63) is 29.3 Å². The molecule has 1 aromatic carbocycles. The van der Waals surface area contributed by atoms with E-state index in [-0.39, 0.29) is 0 Å². The van der Waals surface area contributed by atoms with E-state index in [2.05, 4.69) is 18.3 Å². The Morgan fingerprint density at radius 3 is 2.82 bits per heavy atom. The van der Waals surface area contributed by atoms with Gasteiger partial charge in [0, 0.05) is 24.9 Å². The highest BCUT2D eigenvalue weighted by Gasteiger charge is 2.07. The number of thiocarbonyl (C=S) groups is 1. The van der Waals surface area contributed by atoms with Gasteiger partial charge in [0.05, 0.1) is 6.61 Å². The number of rotatable bonds is 6. The molecule has 0 saturated carbocycles. The topological polar surface area (TPSA) is 47.3 Å². The third-order valence-corrected chi connectivity index (χ3v) is 2.75. The van der Waals surface area contributed by atoms with E-state index >= 15 is 0 Å². The van der Waals surface area contributed by atoms with Gasteiger partial charge in [0.2, 0.25) is 0 Å². The molecule has 0 aliphatic carbocycles. The average molecular weight is 252 g/mol. The second-order valence-electron chi connectivity index (χ2n) is 4.35. The van der Waals surface area contributed by atoms with Crippen LogP contribution in [0, 0.1) is 12.8 Å². The van der Waals surface area contributed by atoms with Crippen molar-refractivity contribution < 1.29 is 4.74 Å². The van der Waals surface area contributed by atoms with Gasteiger partial charge in [-0.1, -0.05) is 25.2 Å². The van der Waals surface area contributed by atoms with Gasteiger partial charge in [0.25, 0.3) is 0 Å². The third kappa shape index (κ3) is 4.32. The number of nitrogens with one attached hydrogen (secondary N) is 1. The van der Waals surface area contributed by atoms with Crippen LogP contribution in [0.4, 0.5) is 5.69 Å². The first kappa shape index (κ1) is 13.9. The molecule has 1 atom stereocenters. The zero-order valence-corrected chi connectivity index (χ0v) is 11.4. The van der Waals surface area contributed by atoms with Crippen LogP contribution >= 0.6 is 12.2 Å². The molecule has 0 aliphatic heterocycles. The lowest BCUT2D eigenvalue weighted by Crippen LogP contribution is -2.19.